The van der Waals surface area contributed by atoms with Crippen molar-refractivity contribution in [3.8, 4) is 0 Å². The number of thiophene rings is 1. The van der Waals surface area contributed by atoms with Crippen LogP contribution in [0.4, 0.5) is 5.00 Å². The lowest BCUT2D eigenvalue weighted by atomic mass is 10.4. The van der Waals surface area contributed by atoms with E-state index in [2.05, 4.69) is 5.32 Å². The first-order valence-corrected chi connectivity index (χ1v) is 6.16. The normalized spacial score (nSPS) is 10.2. The Labute approximate surface area is 107 Å². The predicted octanol–water partition coefficient (Wildman–Crippen LogP) is 1.64. The van der Waals surface area contributed by atoms with E-state index < -0.39 is 4.92 Å². The van der Waals surface area contributed by atoms with Crippen LogP contribution in [0, 0.1) is 10.1 Å². The monoisotopic (exact) mass is 278 g/mol. The van der Waals surface area contributed by atoms with Crippen LogP contribution in [0.3, 0.4) is 0 Å². The van der Waals surface area contributed by atoms with Crippen molar-refractivity contribution >= 4 is 33.8 Å². The molecule has 94 valence electrons. The van der Waals surface area contributed by atoms with Gasteiger partial charge in [0.15, 0.2) is 0 Å². The fourth-order valence-electron chi connectivity index (χ4n) is 1.03. The first-order valence-electron chi connectivity index (χ1n) is 4.81. The molecule has 0 bridgehead atoms. The number of hydrogen-bond acceptors (Lipinski definition) is 5. The maximum absolute atomic E-state index is 11.5. The van der Waals surface area contributed by atoms with Crippen molar-refractivity contribution in [2.45, 2.75) is 0 Å². The summed E-state index contributed by atoms with van der Waals surface area (Å²) in [5.74, 6) is 0.0722. The highest BCUT2D eigenvalue weighted by Crippen LogP contribution is 2.23. The fraction of sp³-hybridized carbons (Fsp3) is 0.444. The summed E-state index contributed by atoms with van der Waals surface area (Å²) in [5.41, 5.74) is 0. The molecule has 0 aliphatic carbocycles. The number of amides is 1. The molecule has 1 rings (SSSR count). The van der Waals surface area contributed by atoms with Crippen LogP contribution in [0.25, 0.3) is 0 Å². The summed E-state index contributed by atoms with van der Waals surface area (Å²) >= 11 is 6.24. The molecule has 0 aliphatic rings. The van der Waals surface area contributed by atoms with E-state index in [4.69, 9.17) is 16.3 Å². The number of nitro groups is 1. The Morgan fingerprint density at radius 3 is 2.88 bits per heavy atom. The molecule has 0 aliphatic heterocycles. The van der Waals surface area contributed by atoms with Crippen molar-refractivity contribution in [1.82, 2.24) is 5.32 Å². The molecule has 0 saturated heterocycles. The molecule has 17 heavy (non-hydrogen) atoms. The third-order valence-corrected chi connectivity index (χ3v) is 2.94. The summed E-state index contributed by atoms with van der Waals surface area (Å²) in [4.78, 5) is 21.7. The Morgan fingerprint density at radius 2 is 2.29 bits per heavy atom. The second-order valence-corrected chi connectivity index (χ2v) is 4.39. The highest BCUT2D eigenvalue weighted by molar-refractivity contribution is 7.17. The lowest BCUT2D eigenvalue weighted by Gasteiger charge is -2.03. The molecule has 1 heterocycles. The molecule has 0 atom stereocenters. The van der Waals surface area contributed by atoms with Gasteiger partial charge in [-0.15, -0.1) is 11.6 Å². The number of carbonyl (C=O) groups is 1. The number of alkyl halides is 1. The van der Waals surface area contributed by atoms with Crippen molar-refractivity contribution < 1.29 is 14.5 Å². The van der Waals surface area contributed by atoms with Gasteiger partial charge in [-0.1, -0.05) is 11.3 Å². The molecular formula is C9H11ClN2O4S. The Kier molecular flexibility index (Phi) is 5.88. The van der Waals surface area contributed by atoms with Crippen molar-refractivity contribution in [2.75, 3.05) is 25.6 Å². The van der Waals surface area contributed by atoms with E-state index in [1.165, 1.54) is 12.1 Å². The second kappa shape index (κ2) is 7.21. The van der Waals surface area contributed by atoms with Gasteiger partial charge in [0.05, 0.1) is 23.0 Å². The van der Waals surface area contributed by atoms with Crippen molar-refractivity contribution in [1.29, 1.82) is 0 Å². The van der Waals surface area contributed by atoms with E-state index >= 15 is 0 Å². The van der Waals surface area contributed by atoms with Crippen LogP contribution in [0.15, 0.2) is 12.1 Å². The summed E-state index contributed by atoms with van der Waals surface area (Å²) in [5, 5.41) is 13.0. The zero-order chi connectivity index (χ0) is 12.7. The summed E-state index contributed by atoms with van der Waals surface area (Å²) < 4.78 is 5.06. The van der Waals surface area contributed by atoms with Gasteiger partial charge in [-0.3, -0.25) is 14.9 Å². The third-order valence-electron chi connectivity index (χ3n) is 1.75. The van der Waals surface area contributed by atoms with Crippen LogP contribution in [0.1, 0.15) is 9.67 Å². The lowest BCUT2D eigenvalue weighted by molar-refractivity contribution is -0.380. The van der Waals surface area contributed by atoms with Gasteiger partial charge < -0.3 is 10.1 Å². The zero-order valence-corrected chi connectivity index (χ0v) is 10.4. The first kappa shape index (κ1) is 13.9. The molecule has 1 N–H and O–H groups in total. The molecule has 1 amide bonds. The molecule has 1 aromatic heterocycles. The second-order valence-electron chi connectivity index (χ2n) is 2.95. The number of nitrogens with zero attached hydrogens (tertiary/aromatic N) is 1. The number of carbonyl (C=O) groups excluding carboxylic acids is 1. The average molecular weight is 279 g/mol. The van der Waals surface area contributed by atoms with Crippen molar-refractivity contribution in [3.63, 3.8) is 0 Å². The third kappa shape index (κ3) is 4.68. The smallest absolute Gasteiger partial charge is 0.324 e. The van der Waals surface area contributed by atoms with Gasteiger partial charge in [0.25, 0.3) is 5.91 Å². The van der Waals surface area contributed by atoms with E-state index in [9.17, 15) is 14.9 Å². The van der Waals surface area contributed by atoms with E-state index in [0.29, 0.717) is 30.5 Å². The highest BCUT2D eigenvalue weighted by atomic mass is 35.5. The summed E-state index contributed by atoms with van der Waals surface area (Å²) in [6, 6.07) is 2.74. The molecule has 0 fully saturated rings. The Bertz CT molecular complexity index is 396. The fourth-order valence-corrected chi connectivity index (χ4v) is 1.87. The number of hydrogen-bond donors (Lipinski definition) is 1. The molecule has 8 heteroatoms. The van der Waals surface area contributed by atoms with Gasteiger partial charge in [0.2, 0.25) is 0 Å². The number of nitrogens with one attached hydrogen (secondary N) is 1. The predicted molar refractivity (Wildman–Crippen MR) is 64.8 cm³/mol. The largest absolute Gasteiger partial charge is 0.378 e. The van der Waals surface area contributed by atoms with Crippen LogP contribution in [0.2, 0.25) is 0 Å². The van der Waals surface area contributed by atoms with Gasteiger partial charge in [-0.25, -0.2) is 0 Å². The zero-order valence-electron chi connectivity index (χ0n) is 8.85. The van der Waals surface area contributed by atoms with Crippen LogP contribution < -0.4 is 5.32 Å². The molecule has 0 aromatic carbocycles. The van der Waals surface area contributed by atoms with Crippen LogP contribution in [-0.2, 0) is 4.74 Å². The van der Waals surface area contributed by atoms with Gasteiger partial charge in [0.1, 0.15) is 0 Å². The number of halogens is 1. The Hall–Kier alpha value is -1.18. The van der Waals surface area contributed by atoms with Gasteiger partial charge >= 0.3 is 5.00 Å². The molecule has 1 aromatic rings. The first-order chi connectivity index (χ1) is 8.15. The standard InChI is InChI=1S/C9H11ClN2O4S/c10-3-5-16-6-4-11-9(13)7-1-2-8(17-7)12(14)15/h1-2H,3-6H2,(H,11,13). The van der Waals surface area contributed by atoms with Crippen molar-refractivity contribution in [3.05, 3.63) is 27.1 Å². The van der Waals surface area contributed by atoms with Gasteiger partial charge in [0, 0.05) is 18.5 Å². The molecule has 0 saturated carbocycles. The van der Waals surface area contributed by atoms with Crippen LogP contribution >= 0.6 is 22.9 Å². The minimum Gasteiger partial charge on any atom is -0.378 e. The Balaban J connectivity index is 2.34. The molecule has 6 nitrogen and oxygen atoms in total. The number of ether oxygens (including phenoxy) is 1. The SMILES string of the molecule is O=C(NCCOCCCl)c1ccc([N+](=O)[O-])s1. The van der Waals surface area contributed by atoms with Crippen LogP contribution in [-0.4, -0.2) is 36.5 Å². The molecule has 0 radical (unpaired) electrons. The summed E-state index contributed by atoms with van der Waals surface area (Å²) in [7, 11) is 0. The molecule has 0 unspecified atom stereocenters. The summed E-state index contributed by atoms with van der Waals surface area (Å²) in [6.07, 6.45) is 0. The topological polar surface area (TPSA) is 81.5 Å². The quantitative estimate of drug-likeness (QED) is 0.356. The maximum Gasteiger partial charge on any atom is 0.324 e. The summed E-state index contributed by atoms with van der Waals surface area (Å²) in [6.45, 7) is 1.15. The van der Waals surface area contributed by atoms with E-state index in [1.54, 1.807) is 0 Å². The van der Waals surface area contributed by atoms with Gasteiger partial charge in [-0.05, 0) is 6.07 Å². The van der Waals surface area contributed by atoms with E-state index in [0.717, 1.165) is 11.3 Å². The maximum atomic E-state index is 11.5. The molecular weight excluding hydrogens is 268 g/mol. The highest BCUT2D eigenvalue weighted by Gasteiger charge is 2.14. The minimum atomic E-state index is -0.523. The molecule has 0 spiro atoms. The minimum absolute atomic E-state index is 0.0476. The average Bonchev–Trinajstić information content (AvgIpc) is 2.78. The Morgan fingerprint density at radius 1 is 1.53 bits per heavy atom. The van der Waals surface area contributed by atoms with Gasteiger partial charge in [-0.2, -0.15) is 0 Å². The van der Waals surface area contributed by atoms with E-state index in [-0.39, 0.29) is 10.9 Å². The van der Waals surface area contributed by atoms with E-state index in [1.807, 2.05) is 0 Å². The number of rotatable bonds is 7. The van der Waals surface area contributed by atoms with Crippen molar-refractivity contribution in [2.24, 2.45) is 0 Å². The lowest BCUT2D eigenvalue weighted by Crippen LogP contribution is -2.26. The van der Waals surface area contributed by atoms with Crippen LogP contribution in [0.5, 0.6) is 0 Å².